The topological polar surface area (TPSA) is 59.8 Å². The number of nitrogens with zero attached hydrogens (tertiary/aromatic N) is 3. The van der Waals surface area contributed by atoms with Crippen molar-refractivity contribution in [1.29, 1.82) is 0 Å². The molecular formula is C28H39N3O3. The van der Waals surface area contributed by atoms with Crippen molar-refractivity contribution in [2.75, 3.05) is 26.3 Å². The summed E-state index contributed by atoms with van der Waals surface area (Å²) in [5, 5.41) is 15.4. The molecule has 2 aromatic carbocycles. The Morgan fingerprint density at radius 3 is 2.47 bits per heavy atom. The van der Waals surface area contributed by atoms with E-state index in [0.717, 1.165) is 41.2 Å². The lowest BCUT2D eigenvalue weighted by Crippen LogP contribution is -2.35. The first-order valence-electron chi connectivity index (χ1n) is 12.2. The van der Waals surface area contributed by atoms with Gasteiger partial charge in [0.2, 0.25) is 5.88 Å². The van der Waals surface area contributed by atoms with Crippen LogP contribution < -0.4 is 4.74 Å². The Morgan fingerprint density at radius 1 is 1.03 bits per heavy atom. The molecule has 3 aromatic rings. The zero-order valence-electron chi connectivity index (χ0n) is 21.2. The van der Waals surface area contributed by atoms with Crippen molar-refractivity contribution in [3.8, 4) is 17.3 Å². The van der Waals surface area contributed by atoms with Gasteiger partial charge in [-0.3, -0.25) is 4.90 Å². The predicted molar refractivity (Wildman–Crippen MR) is 137 cm³/mol. The van der Waals surface area contributed by atoms with Crippen LogP contribution in [-0.4, -0.2) is 52.2 Å². The predicted octanol–water partition coefficient (Wildman–Crippen LogP) is 5.53. The molecule has 0 fully saturated rings. The Kier molecular flexibility index (Phi) is 9.69. The van der Waals surface area contributed by atoms with Crippen molar-refractivity contribution < 1.29 is 14.6 Å². The molecule has 0 aliphatic carbocycles. The maximum atomic E-state index is 10.6. The summed E-state index contributed by atoms with van der Waals surface area (Å²) in [6, 6.07) is 18.1. The number of aliphatic hydroxyl groups is 1. The number of hydrogen-bond acceptors (Lipinski definition) is 5. The van der Waals surface area contributed by atoms with E-state index in [1.54, 1.807) is 0 Å². The molecular weight excluding hydrogens is 426 g/mol. The van der Waals surface area contributed by atoms with Gasteiger partial charge in [-0.15, -0.1) is 0 Å². The van der Waals surface area contributed by atoms with Gasteiger partial charge in [0, 0.05) is 19.7 Å². The van der Waals surface area contributed by atoms with Crippen LogP contribution in [0.4, 0.5) is 0 Å². The molecule has 184 valence electrons. The van der Waals surface area contributed by atoms with Crippen LogP contribution in [0.3, 0.4) is 0 Å². The lowest BCUT2D eigenvalue weighted by atomic mass is 10.2. The first-order valence-corrected chi connectivity index (χ1v) is 12.2. The minimum atomic E-state index is -0.545. The molecule has 0 saturated heterocycles. The number of ether oxygens (including phenoxy) is 2. The summed E-state index contributed by atoms with van der Waals surface area (Å²) < 4.78 is 14.0. The minimum Gasteiger partial charge on any atom is -0.439 e. The zero-order chi connectivity index (χ0) is 24.5. The fourth-order valence-electron chi connectivity index (χ4n) is 3.93. The van der Waals surface area contributed by atoms with Crippen LogP contribution in [0.1, 0.15) is 44.0 Å². The van der Waals surface area contributed by atoms with Crippen LogP contribution in [0.2, 0.25) is 0 Å². The van der Waals surface area contributed by atoms with Crippen molar-refractivity contribution >= 4 is 0 Å². The molecule has 0 aliphatic rings. The van der Waals surface area contributed by atoms with Crippen molar-refractivity contribution in [3.63, 3.8) is 0 Å². The lowest BCUT2D eigenvalue weighted by Gasteiger charge is -2.25. The van der Waals surface area contributed by atoms with Crippen LogP contribution in [0.15, 0.2) is 54.6 Å². The summed E-state index contributed by atoms with van der Waals surface area (Å²) >= 11 is 0. The van der Waals surface area contributed by atoms with Crippen LogP contribution in [0.25, 0.3) is 5.69 Å². The zero-order valence-corrected chi connectivity index (χ0v) is 21.2. The van der Waals surface area contributed by atoms with Gasteiger partial charge in [0.05, 0.1) is 29.7 Å². The third-order valence-electron chi connectivity index (χ3n) is 5.49. The van der Waals surface area contributed by atoms with E-state index < -0.39 is 6.10 Å². The van der Waals surface area contributed by atoms with Gasteiger partial charge in [0.15, 0.2) is 0 Å². The van der Waals surface area contributed by atoms with E-state index in [2.05, 4.69) is 38.7 Å². The molecule has 1 N–H and O–H groups in total. The van der Waals surface area contributed by atoms with Gasteiger partial charge < -0.3 is 14.6 Å². The van der Waals surface area contributed by atoms with Crippen molar-refractivity contribution in [3.05, 3.63) is 71.4 Å². The molecule has 1 aromatic heterocycles. The highest BCUT2D eigenvalue weighted by Crippen LogP contribution is 2.32. The molecule has 1 unspecified atom stereocenters. The van der Waals surface area contributed by atoms with Gasteiger partial charge >= 0.3 is 0 Å². The number of rotatable bonds is 13. The molecule has 0 spiro atoms. The average Bonchev–Trinajstić information content (AvgIpc) is 3.09. The Hall–Kier alpha value is -2.67. The molecule has 6 heteroatoms. The number of aryl methyl sites for hydroxylation is 2. The molecule has 1 heterocycles. The molecule has 0 saturated carbocycles. The average molecular weight is 466 g/mol. The van der Waals surface area contributed by atoms with E-state index in [0.29, 0.717) is 38.1 Å². The smallest absolute Gasteiger partial charge is 0.227 e. The molecule has 0 aliphatic heterocycles. The standard InChI is InChI=1S/C28H39N3O3/c1-6-15-30(17-25(32)20-33-19-21(2)3)18-27-23(5)29-31(24-12-8-7-9-13-24)28(27)34-26-14-10-11-22(4)16-26/h7-14,16,21,25,32H,6,15,17-20H2,1-5H3. The number of benzene rings is 2. The SMILES string of the molecule is CCCN(Cc1c(C)nn(-c2ccccc2)c1Oc1cccc(C)c1)CC(O)COCC(C)C. The number of para-hydroxylation sites is 1. The van der Waals surface area contributed by atoms with Crippen molar-refractivity contribution in [2.45, 2.75) is 53.7 Å². The molecule has 34 heavy (non-hydrogen) atoms. The summed E-state index contributed by atoms with van der Waals surface area (Å²) in [5.41, 5.74) is 4.02. The highest BCUT2D eigenvalue weighted by Gasteiger charge is 2.22. The number of aliphatic hydroxyl groups excluding tert-OH is 1. The first kappa shape index (κ1) is 25.9. The largest absolute Gasteiger partial charge is 0.439 e. The molecule has 0 radical (unpaired) electrons. The fraction of sp³-hybridized carbons (Fsp3) is 0.464. The van der Waals surface area contributed by atoms with Gasteiger partial charge in [0.1, 0.15) is 5.75 Å². The number of hydrogen-bond donors (Lipinski definition) is 1. The maximum Gasteiger partial charge on any atom is 0.227 e. The Labute approximate surface area is 204 Å². The third-order valence-corrected chi connectivity index (χ3v) is 5.49. The Balaban J connectivity index is 1.88. The highest BCUT2D eigenvalue weighted by molar-refractivity contribution is 5.43. The molecule has 0 bridgehead atoms. The van der Waals surface area contributed by atoms with Gasteiger partial charge in [-0.2, -0.15) is 5.10 Å². The normalized spacial score (nSPS) is 12.5. The van der Waals surface area contributed by atoms with E-state index in [-0.39, 0.29) is 0 Å². The Bertz CT molecular complexity index is 1020. The molecule has 0 amide bonds. The maximum absolute atomic E-state index is 10.6. The fourth-order valence-corrected chi connectivity index (χ4v) is 3.93. The monoisotopic (exact) mass is 465 g/mol. The molecule has 3 rings (SSSR count). The highest BCUT2D eigenvalue weighted by atomic mass is 16.5. The summed E-state index contributed by atoms with van der Waals surface area (Å²) in [7, 11) is 0. The van der Waals surface area contributed by atoms with Gasteiger partial charge in [-0.25, -0.2) is 4.68 Å². The van der Waals surface area contributed by atoms with Gasteiger partial charge in [-0.1, -0.05) is 51.1 Å². The minimum absolute atomic E-state index is 0.341. The quantitative estimate of drug-likeness (QED) is 0.360. The van der Waals surface area contributed by atoms with Gasteiger partial charge in [0.25, 0.3) is 0 Å². The van der Waals surface area contributed by atoms with E-state index >= 15 is 0 Å². The van der Waals surface area contributed by atoms with Crippen LogP contribution in [0.5, 0.6) is 11.6 Å². The van der Waals surface area contributed by atoms with Crippen molar-refractivity contribution in [1.82, 2.24) is 14.7 Å². The summed E-state index contributed by atoms with van der Waals surface area (Å²) in [5.74, 6) is 1.94. The third kappa shape index (κ3) is 7.42. The van der Waals surface area contributed by atoms with Crippen LogP contribution in [-0.2, 0) is 11.3 Å². The van der Waals surface area contributed by atoms with E-state index in [1.165, 1.54) is 0 Å². The van der Waals surface area contributed by atoms with E-state index in [9.17, 15) is 5.11 Å². The van der Waals surface area contributed by atoms with E-state index in [4.69, 9.17) is 14.6 Å². The molecule has 6 nitrogen and oxygen atoms in total. The second-order valence-corrected chi connectivity index (χ2v) is 9.36. The summed E-state index contributed by atoms with van der Waals surface area (Å²) in [6.45, 7) is 13.5. The lowest BCUT2D eigenvalue weighted by molar-refractivity contribution is 0.00681. The van der Waals surface area contributed by atoms with Crippen molar-refractivity contribution in [2.24, 2.45) is 5.92 Å². The van der Waals surface area contributed by atoms with Gasteiger partial charge in [-0.05, 0) is 62.6 Å². The number of aromatic nitrogens is 2. The first-order chi connectivity index (χ1) is 16.4. The van der Waals surface area contributed by atoms with Crippen LogP contribution in [0, 0.1) is 19.8 Å². The summed E-state index contributed by atoms with van der Waals surface area (Å²) in [6.07, 6.45) is 0.440. The second kappa shape index (κ2) is 12.7. The molecule has 1 atom stereocenters. The van der Waals surface area contributed by atoms with E-state index in [1.807, 2.05) is 60.1 Å². The summed E-state index contributed by atoms with van der Waals surface area (Å²) in [4.78, 5) is 2.26. The Morgan fingerprint density at radius 2 is 1.79 bits per heavy atom. The second-order valence-electron chi connectivity index (χ2n) is 9.36. The van der Waals surface area contributed by atoms with Crippen LogP contribution >= 0.6 is 0 Å².